The molecule has 128 valence electrons. The second-order valence-corrected chi connectivity index (χ2v) is 5.94. The Bertz CT molecular complexity index is 521. The molecule has 2 rings (SSSR count). The number of rotatable bonds is 7. The molecule has 1 heterocycles. The highest BCUT2D eigenvalue weighted by Crippen LogP contribution is 2.27. The number of halogens is 1. The molecule has 1 aromatic rings. The Morgan fingerprint density at radius 3 is 2.87 bits per heavy atom. The van der Waals surface area contributed by atoms with Crippen molar-refractivity contribution < 1.29 is 14.3 Å². The Morgan fingerprint density at radius 2 is 2.17 bits per heavy atom. The molecule has 23 heavy (non-hydrogen) atoms. The average Bonchev–Trinajstić information content (AvgIpc) is 2.58. The number of nitrogens with one attached hydrogen (secondary N) is 2. The molecule has 1 amide bonds. The molecule has 6 nitrogen and oxygen atoms in total. The summed E-state index contributed by atoms with van der Waals surface area (Å²) in [6.07, 6.45) is 0. The normalized spacial score (nSPS) is 16.7. The van der Waals surface area contributed by atoms with Crippen LogP contribution in [-0.4, -0.2) is 63.4 Å². The molecule has 7 heteroatoms. The molecular formula is C16H24ClN3O3. The Morgan fingerprint density at radius 1 is 1.43 bits per heavy atom. The van der Waals surface area contributed by atoms with Gasteiger partial charge in [0.25, 0.3) is 0 Å². The van der Waals surface area contributed by atoms with Gasteiger partial charge < -0.3 is 20.1 Å². The summed E-state index contributed by atoms with van der Waals surface area (Å²) in [6, 6.07) is 5.55. The van der Waals surface area contributed by atoms with Crippen LogP contribution in [0.5, 0.6) is 5.75 Å². The topological polar surface area (TPSA) is 62.8 Å². The van der Waals surface area contributed by atoms with Crippen LogP contribution in [0, 0.1) is 0 Å². The number of amides is 1. The van der Waals surface area contributed by atoms with E-state index in [0.29, 0.717) is 29.0 Å². The Hall–Kier alpha value is -1.50. The molecule has 0 radical (unpaired) electrons. The van der Waals surface area contributed by atoms with Gasteiger partial charge in [0.05, 0.1) is 32.6 Å². The van der Waals surface area contributed by atoms with E-state index in [0.717, 1.165) is 26.3 Å². The monoisotopic (exact) mass is 341 g/mol. The van der Waals surface area contributed by atoms with Crippen molar-refractivity contribution in [2.75, 3.05) is 51.8 Å². The quantitative estimate of drug-likeness (QED) is 0.788. The number of anilines is 1. The average molecular weight is 342 g/mol. The van der Waals surface area contributed by atoms with Crippen molar-refractivity contribution in [3.8, 4) is 5.75 Å². The van der Waals surface area contributed by atoms with Crippen molar-refractivity contribution in [3.63, 3.8) is 0 Å². The second kappa shape index (κ2) is 8.96. The van der Waals surface area contributed by atoms with Crippen LogP contribution >= 0.6 is 11.6 Å². The van der Waals surface area contributed by atoms with Crippen LogP contribution in [0.3, 0.4) is 0 Å². The third-order valence-electron chi connectivity index (χ3n) is 3.86. The fourth-order valence-electron chi connectivity index (χ4n) is 2.47. The molecular weight excluding hydrogens is 318 g/mol. The summed E-state index contributed by atoms with van der Waals surface area (Å²) in [5, 5.41) is 6.59. The SMILES string of the molecule is COc1ccc(Cl)cc1NCC(=O)NCC(C)N1CCOCC1. The number of hydrogen-bond acceptors (Lipinski definition) is 5. The number of methoxy groups -OCH3 is 1. The molecule has 1 aliphatic rings. The minimum atomic E-state index is -0.0628. The van der Waals surface area contributed by atoms with E-state index >= 15 is 0 Å². The first kappa shape index (κ1) is 17.8. The predicted octanol–water partition coefficient (Wildman–Crippen LogP) is 1.60. The van der Waals surface area contributed by atoms with Crippen LogP contribution in [-0.2, 0) is 9.53 Å². The highest BCUT2D eigenvalue weighted by molar-refractivity contribution is 6.30. The van der Waals surface area contributed by atoms with Gasteiger partial charge in [0.2, 0.25) is 5.91 Å². The number of nitrogens with zero attached hydrogens (tertiary/aromatic N) is 1. The zero-order valence-electron chi connectivity index (χ0n) is 13.6. The number of hydrogen-bond donors (Lipinski definition) is 2. The van der Waals surface area contributed by atoms with Crippen LogP contribution in [0.1, 0.15) is 6.92 Å². The summed E-state index contributed by atoms with van der Waals surface area (Å²) >= 11 is 5.97. The van der Waals surface area contributed by atoms with Gasteiger partial charge in [-0.1, -0.05) is 11.6 Å². The molecule has 2 N–H and O–H groups in total. The number of benzene rings is 1. The van der Waals surface area contributed by atoms with Crippen molar-refractivity contribution in [1.82, 2.24) is 10.2 Å². The maximum absolute atomic E-state index is 12.0. The van der Waals surface area contributed by atoms with E-state index in [4.69, 9.17) is 21.1 Å². The van der Waals surface area contributed by atoms with E-state index in [9.17, 15) is 4.79 Å². The highest BCUT2D eigenvalue weighted by atomic mass is 35.5. The van der Waals surface area contributed by atoms with Gasteiger partial charge in [-0.05, 0) is 25.1 Å². The Balaban J connectivity index is 1.75. The van der Waals surface area contributed by atoms with E-state index in [1.165, 1.54) is 0 Å². The first-order chi connectivity index (χ1) is 11.1. The fourth-order valence-corrected chi connectivity index (χ4v) is 2.64. The standard InChI is InChI=1S/C16H24ClN3O3/c1-12(20-5-7-23-8-6-20)10-19-16(21)11-18-14-9-13(17)3-4-15(14)22-2/h3-4,9,12,18H,5-8,10-11H2,1-2H3,(H,19,21). The van der Waals surface area contributed by atoms with Crippen molar-refractivity contribution in [2.45, 2.75) is 13.0 Å². The lowest BCUT2D eigenvalue weighted by Crippen LogP contribution is -2.47. The van der Waals surface area contributed by atoms with Crippen molar-refractivity contribution in [2.24, 2.45) is 0 Å². The molecule has 0 spiro atoms. The molecule has 1 atom stereocenters. The van der Waals surface area contributed by atoms with Gasteiger partial charge in [0.15, 0.2) is 0 Å². The van der Waals surface area contributed by atoms with Crippen molar-refractivity contribution >= 4 is 23.2 Å². The predicted molar refractivity (Wildman–Crippen MR) is 91.4 cm³/mol. The molecule has 0 aromatic heterocycles. The van der Waals surface area contributed by atoms with Crippen LogP contribution in [0.4, 0.5) is 5.69 Å². The van der Waals surface area contributed by atoms with Gasteiger partial charge in [-0.15, -0.1) is 0 Å². The molecule has 0 bridgehead atoms. The van der Waals surface area contributed by atoms with Crippen LogP contribution in [0.15, 0.2) is 18.2 Å². The van der Waals surface area contributed by atoms with Gasteiger partial charge in [-0.2, -0.15) is 0 Å². The zero-order chi connectivity index (χ0) is 16.7. The van der Waals surface area contributed by atoms with E-state index in [1.54, 1.807) is 25.3 Å². The summed E-state index contributed by atoms with van der Waals surface area (Å²) in [5.41, 5.74) is 0.705. The summed E-state index contributed by atoms with van der Waals surface area (Å²) in [7, 11) is 1.58. The van der Waals surface area contributed by atoms with Gasteiger partial charge >= 0.3 is 0 Å². The molecule has 1 aromatic carbocycles. The highest BCUT2D eigenvalue weighted by Gasteiger charge is 2.17. The van der Waals surface area contributed by atoms with E-state index in [-0.39, 0.29) is 12.5 Å². The smallest absolute Gasteiger partial charge is 0.239 e. The third kappa shape index (κ3) is 5.57. The minimum absolute atomic E-state index is 0.0628. The van der Waals surface area contributed by atoms with Gasteiger partial charge in [0, 0.05) is 30.7 Å². The van der Waals surface area contributed by atoms with Crippen LogP contribution in [0.25, 0.3) is 0 Å². The van der Waals surface area contributed by atoms with E-state index in [1.807, 2.05) is 0 Å². The van der Waals surface area contributed by atoms with Gasteiger partial charge in [0.1, 0.15) is 5.75 Å². The lowest BCUT2D eigenvalue weighted by Gasteiger charge is -2.32. The molecule has 1 aliphatic heterocycles. The minimum Gasteiger partial charge on any atom is -0.495 e. The molecule has 0 saturated carbocycles. The fraction of sp³-hybridized carbons (Fsp3) is 0.562. The summed E-state index contributed by atoms with van der Waals surface area (Å²) in [6.45, 7) is 6.24. The number of ether oxygens (including phenoxy) is 2. The third-order valence-corrected chi connectivity index (χ3v) is 4.10. The summed E-state index contributed by atoms with van der Waals surface area (Å²) < 4.78 is 10.6. The van der Waals surface area contributed by atoms with Crippen LogP contribution < -0.4 is 15.4 Å². The van der Waals surface area contributed by atoms with E-state index < -0.39 is 0 Å². The van der Waals surface area contributed by atoms with Gasteiger partial charge in [-0.3, -0.25) is 9.69 Å². The molecule has 1 unspecified atom stereocenters. The maximum atomic E-state index is 12.0. The maximum Gasteiger partial charge on any atom is 0.239 e. The largest absolute Gasteiger partial charge is 0.495 e. The number of morpholine rings is 1. The lowest BCUT2D eigenvalue weighted by molar-refractivity contribution is -0.119. The summed E-state index contributed by atoms with van der Waals surface area (Å²) in [5.74, 6) is 0.594. The Kier molecular flexibility index (Phi) is 6.95. The van der Waals surface area contributed by atoms with E-state index in [2.05, 4.69) is 22.5 Å². The Labute approximate surface area is 142 Å². The molecule has 0 aliphatic carbocycles. The van der Waals surface area contributed by atoms with Gasteiger partial charge in [-0.25, -0.2) is 0 Å². The molecule has 1 fully saturated rings. The lowest BCUT2D eigenvalue weighted by atomic mass is 10.2. The first-order valence-corrected chi connectivity index (χ1v) is 8.14. The van der Waals surface area contributed by atoms with Crippen LogP contribution in [0.2, 0.25) is 5.02 Å². The number of carbonyl (C=O) groups excluding carboxylic acids is 1. The second-order valence-electron chi connectivity index (χ2n) is 5.50. The number of carbonyl (C=O) groups is 1. The summed E-state index contributed by atoms with van der Waals surface area (Å²) in [4.78, 5) is 14.3. The first-order valence-electron chi connectivity index (χ1n) is 7.76. The van der Waals surface area contributed by atoms with Crippen molar-refractivity contribution in [1.29, 1.82) is 0 Å². The zero-order valence-corrected chi connectivity index (χ0v) is 14.4. The van der Waals surface area contributed by atoms with Crippen molar-refractivity contribution in [3.05, 3.63) is 23.2 Å². The molecule has 1 saturated heterocycles.